The van der Waals surface area contributed by atoms with E-state index in [9.17, 15) is 8.42 Å². The highest BCUT2D eigenvalue weighted by Gasteiger charge is 2.39. The summed E-state index contributed by atoms with van der Waals surface area (Å²) in [6, 6.07) is 0. The van der Waals surface area contributed by atoms with Gasteiger partial charge >= 0.3 is 0 Å². The highest BCUT2D eigenvalue weighted by molar-refractivity contribution is 7.86. The Hall–Kier alpha value is -0.630. The quantitative estimate of drug-likeness (QED) is 0.555. The Morgan fingerprint density at radius 1 is 1.60 bits per heavy atom. The first-order valence-electron chi connectivity index (χ1n) is 4.27. The molecule has 1 rings (SSSR count). The summed E-state index contributed by atoms with van der Waals surface area (Å²) < 4.78 is 36.6. The Kier molecular flexibility index (Phi) is 3.72. The lowest BCUT2D eigenvalue weighted by atomic mass is 10.2. The molecule has 0 bridgehead atoms. The summed E-state index contributed by atoms with van der Waals surface area (Å²) in [7, 11) is -2.20. The number of hydrogen-bond donors (Lipinski definition) is 1. The number of rotatable bonds is 4. The Balaban J connectivity index is 2.68. The number of aliphatic hydroxyl groups excluding tert-OH is 1. The number of aliphatic hydroxyl groups is 1. The highest BCUT2D eigenvalue weighted by Crippen LogP contribution is 2.27. The molecule has 0 saturated carbocycles. The van der Waals surface area contributed by atoms with E-state index in [0.29, 0.717) is 0 Å². The van der Waals surface area contributed by atoms with Crippen LogP contribution in [0.5, 0.6) is 0 Å². The smallest absolute Gasteiger partial charge is 0.264 e. The summed E-state index contributed by atoms with van der Waals surface area (Å²) >= 11 is 0. The van der Waals surface area contributed by atoms with Gasteiger partial charge in [-0.3, -0.25) is 4.18 Å². The predicted molar refractivity (Wildman–Crippen MR) is 51.8 cm³/mol. The van der Waals surface area contributed by atoms with E-state index in [0.717, 1.165) is 6.26 Å². The maximum absolute atomic E-state index is 10.9. The van der Waals surface area contributed by atoms with Gasteiger partial charge in [0.15, 0.2) is 6.29 Å². The fraction of sp³-hybridized carbons (Fsp3) is 0.750. The Morgan fingerprint density at radius 2 is 2.20 bits per heavy atom. The average Bonchev–Trinajstić information content (AvgIpc) is 2.44. The van der Waals surface area contributed by atoms with Gasteiger partial charge in [0.05, 0.1) is 6.26 Å². The van der Waals surface area contributed by atoms with Crippen LogP contribution in [-0.2, 0) is 23.8 Å². The minimum absolute atomic E-state index is 0.170. The van der Waals surface area contributed by atoms with E-state index in [-0.39, 0.29) is 12.2 Å². The Morgan fingerprint density at radius 3 is 2.60 bits per heavy atom. The van der Waals surface area contributed by atoms with Crippen LogP contribution in [0.15, 0.2) is 12.3 Å². The molecule has 1 heterocycles. The molecule has 1 unspecified atom stereocenters. The van der Waals surface area contributed by atoms with Gasteiger partial charge in [0.1, 0.15) is 18.0 Å². The zero-order valence-corrected chi connectivity index (χ0v) is 9.36. The molecule has 1 aliphatic rings. The maximum Gasteiger partial charge on any atom is 0.264 e. The van der Waals surface area contributed by atoms with Crippen LogP contribution in [0.4, 0.5) is 0 Å². The highest BCUT2D eigenvalue weighted by atomic mass is 32.2. The van der Waals surface area contributed by atoms with Crippen molar-refractivity contribution >= 4 is 10.1 Å². The van der Waals surface area contributed by atoms with Crippen molar-refractivity contribution < 1.29 is 27.2 Å². The van der Waals surface area contributed by atoms with Gasteiger partial charge in [0.2, 0.25) is 0 Å². The van der Waals surface area contributed by atoms with Gasteiger partial charge in [0.25, 0.3) is 10.1 Å². The van der Waals surface area contributed by atoms with Crippen LogP contribution in [-0.4, -0.2) is 45.4 Å². The lowest BCUT2D eigenvalue weighted by Crippen LogP contribution is -2.28. The summed E-state index contributed by atoms with van der Waals surface area (Å²) in [5, 5.41) is 9.10. The fourth-order valence-corrected chi connectivity index (χ4v) is 1.98. The standard InChI is InChI=1S/C8H14O6S/c1-5(9)6-4-7(8(12-2)13-6)14-15(3,10)11/h6-9H,1,4H2,2-3H3/t6-,7+,8?/m1/s1. The van der Waals surface area contributed by atoms with Crippen LogP contribution in [0.3, 0.4) is 0 Å². The molecule has 0 aliphatic carbocycles. The lowest BCUT2D eigenvalue weighted by molar-refractivity contribution is -0.140. The molecule has 1 N–H and O–H groups in total. The van der Waals surface area contributed by atoms with Crippen LogP contribution >= 0.6 is 0 Å². The molecule has 0 aromatic carbocycles. The minimum atomic E-state index is -3.57. The summed E-state index contributed by atoms with van der Waals surface area (Å²) in [6.45, 7) is 3.31. The minimum Gasteiger partial charge on any atom is -0.510 e. The molecule has 1 saturated heterocycles. The molecule has 3 atom stereocenters. The number of methoxy groups -OCH3 is 1. The molecule has 88 valence electrons. The molecule has 7 heteroatoms. The normalized spacial score (nSPS) is 31.7. The van der Waals surface area contributed by atoms with Crippen LogP contribution in [0, 0.1) is 0 Å². The van der Waals surface area contributed by atoms with Crippen molar-refractivity contribution in [3.8, 4) is 0 Å². The van der Waals surface area contributed by atoms with Crippen molar-refractivity contribution in [2.45, 2.75) is 24.9 Å². The first-order valence-corrected chi connectivity index (χ1v) is 6.09. The van der Waals surface area contributed by atoms with E-state index in [1.807, 2.05) is 0 Å². The van der Waals surface area contributed by atoms with E-state index in [2.05, 4.69) is 6.58 Å². The first kappa shape index (κ1) is 12.4. The van der Waals surface area contributed by atoms with E-state index >= 15 is 0 Å². The summed E-state index contributed by atoms with van der Waals surface area (Å²) in [4.78, 5) is 0. The summed E-state index contributed by atoms with van der Waals surface area (Å²) in [6.07, 6.45) is -1.07. The molecule has 0 amide bonds. The molecule has 0 aromatic rings. The largest absolute Gasteiger partial charge is 0.510 e. The Bertz CT molecular complexity index is 335. The second-order valence-corrected chi connectivity index (χ2v) is 4.90. The van der Waals surface area contributed by atoms with Crippen molar-refractivity contribution in [2.24, 2.45) is 0 Å². The van der Waals surface area contributed by atoms with E-state index < -0.39 is 28.6 Å². The number of hydrogen-bond acceptors (Lipinski definition) is 6. The topological polar surface area (TPSA) is 82.1 Å². The van der Waals surface area contributed by atoms with Crippen LogP contribution in [0.1, 0.15) is 6.42 Å². The van der Waals surface area contributed by atoms with Gasteiger partial charge in [-0.2, -0.15) is 8.42 Å². The molecule has 15 heavy (non-hydrogen) atoms. The summed E-state index contributed by atoms with van der Waals surface area (Å²) in [5.74, 6) is -0.170. The lowest BCUT2D eigenvalue weighted by Gasteiger charge is -2.15. The molecule has 0 spiro atoms. The second-order valence-electron chi connectivity index (χ2n) is 3.29. The van der Waals surface area contributed by atoms with Crippen LogP contribution < -0.4 is 0 Å². The fourth-order valence-electron chi connectivity index (χ4n) is 1.36. The van der Waals surface area contributed by atoms with E-state index in [1.54, 1.807) is 0 Å². The predicted octanol–water partition coefficient (Wildman–Crippen LogP) is 0.164. The van der Waals surface area contributed by atoms with Gasteiger partial charge in [-0.15, -0.1) is 0 Å². The second kappa shape index (κ2) is 4.48. The van der Waals surface area contributed by atoms with Gasteiger partial charge in [-0.05, 0) is 0 Å². The van der Waals surface area contributed by atoms with Gasteiger partial charge in [0, 0.05) is 13.5 Å². The zero-order valence-electron chi connectivity index (χ0n) is 8.54. The van der Waals surface area contributed by atoms with Gasteiger partial charge in [-0.1, -0.05) is 6.58 Å². The third-order valence-electron chi connectivity index (χ3n) is 1.95. The van der Waals surface area contributed by atoms with Crippen molar-refractivity contribution in [1.29, 1.82) is 0 Å². The average molecular weight is 238 g/mol. The molecule has 1 aliphatic heterocycles. The SMILES string of the molecule is C=C(O)[C@H]1C[C@H](OS(C)(=O)=O)C(OC)O1. The van der Waals surface area contributed by atoms with E-state index in [4.69, 9.17) is 18.8 Å². The van der Waals surface area contributed by atoms with Crippen molar-refractivity contribution in [3.05, 3.63) is 12.3 Å². The third-order valence-corrected chi connectivity index (χ3v) is 2.55. The van der Waals surface area contributed by atoms with Crippen molar-refractivity contribution in [2.75, 3.05) is 13.4 Å². The van der Waals surface area contributed by atoms with E-state index in [1.165, 1.54) is 7.11 Å². The Labute approximate surface area is 88.6 Å². The van der Waals surface area contributed by atoms with Crippen molar-refractivity contribution in [3.63, 3.8) is 0 Å². The monoisotopic (exact) mass is 238 g/mol. The maximum atomic E-state index is 10.9. The van der Waals surface area contributed by atoms with Gasteiger partial charge < -0.3 is 14.6 Å². The van der Waals surface area contributed by atoms with Crippen LogP contribution in [0.25, 0.3) is 0 Å². The van der Waals surface area contributed by atoms with Crippen LogP contribution in [0.2, 0.25) is 0 Å². The van der Waals surface area contributed by atoms with Gasteiger partial charge in [-0.25, -0.2) is 0 Å². The molecular weight excluding hydrogens is 224 g/mol. The zero-order chi connectivity index (χ0) is 11.6. The molecule has 0 radical (unpaired) electrons. The summed E-state index contributed by atoms with van der Waals surface area (Å²) in [5.41, 5.74) is 0. The molecule has 6 nitrogen and oxygen atoms in total. The molecular formula is C8H14O6S. The molecule has 0 aromatic heterocycles. The number of ether oxygens (including phenoxy) is 2. The van der Waals surface area contributed by atoms with Crippen molar-refractivity contribution in [1.82, 2.24) is 0 Å². The third kappa shape index (κ3) is 3.45. The molecule has 1 fully saturated rings. The first-order chi connectivity index (χ1) is 6.83.